The molecule has 1 aromatic carbocycles. The smallest absolute Gasteiger partial charge is 0.286 e. The lowest BCUT2D eigenvalue weighted by molar-refractivity contribution is -0.139. The molecule has 0 aromatic heterocycles. The van der Waals surface area contributed by atoms with Crippen molar-refractivity contribution < 1.29 is 9.59 Å². The van der Waals surface area contributed by atoms with E-state index in [4.69, 9.17) is 5.73 Å². The lowest BCUT2D eigenvalue weighted by Crippen LogP contribution is -2.49. The normalized spacial score (nSPS) is 15.8. The third kappa shape index (κ3) is 2.55. The first kappa shape index (κ1) is 11.4. The van der Waals surface area contributed by atoms with Gasteiger partial charge in [0.25, 0.3) is 5.91 Å². The summed E-state index contributed by atoms with van der Waals surface area (Å²) in [5, 5.41) is 0. The molecule has 1 fully saturated rings. The van der Waals surface area contributed by atoms with Crippen molar-refractivity contribution in [3.05, 3.63) is 24.3 Å². The number of piperazine rings is 1. The van der Waals surface area contributed by atoms with E-state index in [1.165, 1.54) is 0 Å². The summed E-state index contributed by atoms with van der Waals surface area (Å²) in [5.74, 6) is -0.429. The topological polar surface area (TPSA) is 66.6 Å². The van der Waals surface area contributed by atoms with Gasteiger partial charge in [0, 0.05) is 37.6 Å². The summed E-state index contributed by atoms with van der Waals surface area (Å²) in [5.41, 5.74) is 7.46. The van der Waals surface area contributed by atoms with Gasteiger partial charge in [-0.3, -0.25) is 9.59 Å². The number of carbonyl (C=O) groups excluding carboxylic acids is 2. The molecule has 17 heavy (non-hydrogen) atoms. The minimum atomic E-state index is -0.429. The zero-order chi connectivity index (χ0) is 12.3. The van der Waals surface area contributed by atoms with Crippen molar-refractivity contribution in [2.45, 2.75) is 0 Å². The molecule has 0 aliphatic carbocycles. The van der Waals surface area contributed by atoms with Gasteiger partial charge in [-0.2, -0.15) is 0 Å². The van der Waals surface area contributed by atoms with Crippen LogP contribution in [0, 0.1) is 0 Å². The van der Waals surface area contributed by atoms with E-state index in [-0.39, 0.29) is 0 Å². The molecule has 1 aliphatic heterocycles. The summed E-state index contributed by atoms with van der Waals surface area (Å²) in [6.07, 6.45) is 0.374. The Labute approximate surface area is 99.8 Å². The van der Waals surface area contributed by atoms with E-state index in [9.17, 15) is 9.59 Å². The second-order valence-corrected chi connectivity index (χ2v) is 4.02. The predicted molar refractivity (Wildman–Crippen MR) is 65.7 cm³/mol. The molecule has 0 unspecified atom stereocenters. The summed E-state index contributed by atoms with van der Waals surface area (Å²) in [6.45, 7) is 2.65. The standard InChI is InChI=1S/C12H15N3O2/c13-10-1-3-11(4-2-10)14-5-7-15(8-6-14)12(17)9-16/h1-4,9H,5-8,13H2. The molecule has 0 radical (unpaired) electrons. The van der Waals surface area contributed by atoms with Crippen molar-refractivity contribution >= 4 is 23.6 Å². The van der Waals surface area contributed by atoms with Crippen molar-refractivity contribution in [1.29, 1.82) is 0 Å². The number of aldehydes is 1. The third-order valence-corrected chi connectivity index (χ3v) is 2.95. The number of nitrogens with zero attached hydrogens (tertiary/aromatic N) is 2. The molecule has 90 valence electrons. The SMILES string of the molecule is Nc1ccc(N2CCN(C(=O)C=O)CC2)cc1. The molecular weight excluding hydrogens is 218 g/mol. The fourth-order valence-electron chi connectivity index (χ4n) is 1.94. The lowest BCUT2D eigenvalue weighted by Gasteiger charge is -2.35. The predicted octanol–water partition coefficient (Wildman–Crippen LogP) is 0.116. The molecule has 0 spiro atoms. The van der Waals surface area contributed by atoms with Crippen LogP contribution in [-0.2, 0) is 9.59 Å². The first-order chi connectivity index (χ1) is 8.20. The van der Waals surface area contributed by atoms with E-state index in [0.717, 1.165) is 24.5 Å². The lowest BCUT2D eigenvalue weighted by atomic mass is 10.2. The quantitative estimate of drug-likeness (QED) is 0.447. The Kier molecular flexibility index (Phi) is 3.27. The van der Waals surface area contributed by atoms with E-state index in [2.05, 4.69) is 4.90 Å². The fraction of sp³-hybridized carbons (Fsp3) is 0.333. The van der Waals surface area contributed by atoms with Gasteiger partial charge in [-0.25, -0.2) is 0 Å². The summed E-state index contributed by atoms with van der Waals surface area (Å²) in [4.78, 5) is 25.3. The Morgan fingerprint density at radius 1 is 1.12 bits per heavy atom. The average Bonchev–Trinajstić information content (AvgIpc) is 2.39. The maximum Gasteiger partial charge on any atom is 0.286 e. The summed E-state index contributed by atoms with van der Waals surface area (Å²) in [6, 6.07) is 7.65. The minimum absolute atomic E-state index is 0.374. The molecule has 1 saturated heterocycles. The van der Waals surface area contributed by atoms with Crippen LogP contribution in [0.1, 0.15) is 0 Å². The minimum Gasteiger partial charge on any atom is -0.399 e. The average molecular weight is 233 g/mol. The highest BCUT2D eigenvalue weighted by Gasteiger charge is 2.20. The maximum absolute atomic E-state index is 11.2. The van der Waals surface area contributed by atoms with Crippen LogP contribution in [0.2, 0.25) is 0 Å². The largest absolute Gasteiger partial charge is 0.399 e. The molecule has 5 nitrogen and oxygen atoms in total. The van der Waals surface area contributed by atoms with E-state index in [1.807, 2.05) is 24.3 Å². The Hall–Kier alpha value is -2.04. The molecule has 0 atom stereocenters. The van der Waals surface area contributed by atoms with Gasteiger partial charge in [-0.1, -0.05) is 0 Å². The number of hydrogen-bond acceptors (Lipinski definition) is 4. The van der Waals surface area contributed by atoms with Crippen LogP contribution in [0.4, 0.5) is 11.4 Å². The van der Waals surface area contributed by atoms with E-state index >= 15 is 0 Å². The van der Waals surface area contributed by atoms with Crippen molar-refractivity contribution in [2.75, 3.05) is 36.8 Å². The van der Waals surface area contributed by atoms with Crippen molar-refractivity contribution in [3.63, 3.8) is 0 Å². The molecule has 5 heteroatoms. The highest BCUT2D eigenvalue weighted by Crippen LogP contribution is 2.17. The molecule has 1 heterocycles. The summed E-state index contributed by atoms with van der Waals surface area (Å²) in [7, 11) is 0. The van der Waals surface area contributed by atoms with Gasteiger partial charge in [0.05, 0.1) is 0 Å². The summed E-state index contributed by atoms with van der Waals surface area (Å²) < 4.78 is 0. The zero-order valence-electron chi connectivity index (χ0n) is 9.50. The van der Waals surface area contributed by atoms with Crippen molar-refractivity contribution in [2.24, 2.45) is 0 Å². The molecule has 1 aliphatic rings. The van der Waals surface area contributed by atoms with Crippen LogP contribution < -0.4 is 10.6 Å². The van der Waals surface area contributed by atoms with Crippen LogP contribution in [0.5, 0.6) is 0 Å². The number of rotatable bonds is 2. The Morgan fingerprint density at radius 3 is 2.24 bits per heavy atom. The van der Waals surface area contributed by atoms with E-state index in [0.29, 0.717) is 19.4 Å². The van der Waals surface area contributed by atoms with Crippen LogP contribution >= 0.6 is 0 Å². The van der Waals surface area contributed by atoms with Crippen molar-refractivity contribution in [1.82, 2.24) is 4.90 Å². The number of hydrogen-bond donors (Lipinski definition) is 1. The highest BCUT2D eigenvalue weighted by atomic mass is 16.2. The zero-order valence-corrected chi connectivity index (χ0v) is 9.50. The number of amides is 1. The van der Waals surface area contributed by atoms with Gasteiger partial charge >= 0.3 is 0 Å². The molecular formula is C12H15N3O2. The third-order valence-electron chi connectivity index (χ3n) is 2.95. The van der Waals surface area contributed by atoms with Crippen LogP contribution in [0.3, 0.4) is 0 Å². The second kappa shape index (κ2) is 4.86. The number of nitrogen functional groups attached to an aromatic ring is 1. The first-order valence-corrected chi connectivity index (χ1v) is 5.55. The Bertz CT molecular complexity index is 408. The van der Waals surface area contributed by atoms with Gasteiger partial charge in [0.15, 0.2) is 0 Å². The van der Waals surface area contributed by atoms with Gasteiger partial charge in [0.2, 0.25) is 6.29 Å². The van der Waals surface area contributed by atoms with Crippen LogP contribution in [-0.4, -0.2) is 43.3 Å². The molecule has 1 aromatic rings. The number of carbonyl (C=O) groups is 2. The number of nitrogens with two attached hydrogens (primary N) is 1. The molecule has 0 saturated carbocycles. The molecule has 0 bridgehead atoms. The summed E-state index contributed by atoms with van der Waals surface area (Å²) >= 11 is 0. The van der Waals surface area contributed by atoms with Gasteiger partial charge in [0.1, 0.15) is 0 Å². The Morgan fingerprint density at radius 2 is 1.71 bits per heavy atom. The number of anilines is 2. The number of benzene rings is 1. The maximum atomic E-state index is 11.2. The van der Waals surface area contributed by atoms with Gasteiger partial charge in [-0.05, 0) is 24.3 Å². The molecule has 2 rings (SSSR count). The van der Waals surface area contributed by atoms with E-state index < -0.39 is 5.91 Å². The second-order valence-electron chi connectivity index (χ2n) is 4.02. The van der Waals surface area contributed by atoms with Crippen molar-refractivity contribution in [3.8, 4) is 0 Å². The first-order valence-electron chi connectivity index (χ1n) is 5.55. The molecule has 2 N–H and O–H groups in total. The van der Waals surface area contributed by atoms with Crippen LogP contribution in [0.25, 0.3) is 0 Å². The fourth-order valence-corrected chi connectivity index (χ4v) is 1.94. The van der Waals surface area contributed by atoms with Gasteiger partial charge < -0.3 is 15.5 Å². The van der Waals surface area contributed by atoms with E-state index in [1.54, 1.807) is 4.90 Å². The molecule has 1 amide bonds. The highest BCUT2D eigenvalue weighted by molar-refractivity contribution is 6.23. The monoisotopic (exact) mass is 233 g/mol. The van der Waals surface area contributed by atoms with Crippen LogP contribution in [0.15, 0.2) is 24.3 Å². The van der Waals surface area contributed by atoms with Gasteiger partial charge in [-0.15, -0.1) is 0 Å². The Balaban J connectivity index is 1.97.